The highest BCUT2D eigenvalue weighted by atomic mass is 16.6. The molecule has 1 rings (SSSR count). The second kappa shape index (κ2) is 6.94. The monoisotopic (exact) mass is 310 g/mol. The Morgan fingerprint density at radius 1 is 1.27 bits per heavy atom. The molecule has 22 heavy (non-hydrogen) atoms. The maximum atomic E-state index is 11.0. The maximum absolute atomic E-state index is 11.0. The van der Waals surface area contributed by atoms with Crippen molar-refractivity contribution in [3.63, 3.8) is 0 Å². The highest BCUT2D eigenvalue weighted by molar-refractivity contribution is 5.91. The number of hydrogen-bond donors (Lipinski definition) is 1. The highest BCUT2D eigenvalue weighted by Gasteiger charge is 2.22. The number of nitrogens with zero attached hydrogens (tertiary/aromatic N) is 3. The molecule has 0 aliphatic heterocycles. The Morgan fingerprint density at radius 2 is 1.91 bits per heavy atom. The summed E-state index contributed by atoms with van der Waals surface area (Å²) in [4.78, 5) is 20.3. The molecule has 1 N–H and O–H groups in total. The van der Waals surface area contributed by atoms with Crippen LogP contribution in [0.2, 0.25) is 0 Å². The largest absolute Gasteiger partial charge is 0.379 e. The molecule has 0 spiro atoms. The number of non-ortho nitro benzene ring substituents is 1. The van der Waals surface area contributed by atoms with E-state index < -0.39 is 15.5 Å². The van der Waals surface area contributed by atoms with Gasteiger partial charge in [-0.05, 0) is 6.07 Å². The topological polar surface area (TPSA) is 120 Å². The molecule has 0 atom stereocenters. The van der Waals surface area contributed by atoms with Gasteiger partial charge in [-0.3, -0.25) is 25.7 Å². The molecule has 9 nitrogen and oxygen atoms in total. The minimum absolute atomic E-state index is 0.0773. The molecule has 9 heteroatoms. The molecular weight excluding hydrogens is 292 g/mol. The summed E-state index contributed by atoms with van der Waals surface area (Å²) in [5, 5.41) is 25.9. The average Bonchev–Trinajstić information content (AvgIpc) is 2.41. The zero-order valence-corrected chi connectivity index (χ0v) is 12.8. The van der Waals surface area contributed by atoms with Crippen molar-refractivity contribution < 1.29 is 14.6 Å². The molecule has 120 valence electrons. The summed E-state index contributed by atoms with van der Waals surface area (Å²) in [6.07, 6.45) is 0. The number of hydrazone groups is 1. The van der Waals surface area contributed by atoms with Gasteiger partial charge in [0.05, 0.1) is 28.2 Å². The van der Waals surface area contributed by atoms with Crippen LogP contribution in [0.4, 0.5) is 17.1 Å². The Hall–Kier alpha value is -2.55. The van der Waals surface area contributed by atoms with Gasteiger partial charge in [-0.2, -0.15) is 5.10 Å². The van der Waals surface area contributed by atoms with Crippen molar-refractivity contribution in [2.75, 3.05) is 19.1 Å². The smallest absolute Gasteiger partial charge is 0.301 e. The minimum atomic E-state index is -0.696. The van der Waals surface area contributed by atoms with Gasteiger partial charge in [-0.25, -0.2) is 0 Å². The predicted molar refractivity (Wildman–Crippen MR) is 82.1 cm³/mol. The number of ether oxygens (including phenoxy) is 1. The number of anilines is 1. The molecule has 0 saturated carbocycles. The van der Waals surface area contributed by atoms with E-state index >= 15 is 0 Å². The van der Waals surface area contributed by atoms with Crippen LogP contribution >= 0.6 is 0 Å². The number of nitro benzene ring substituents is 2. The van der Waals surface area contributed by atoms with E-state index in [9.17, 15) is 20.2 Å². The Morgan fingerprint density at radius 3 is 2.36 bits per heavy atom. The van der Waals surface area contributed by atoms with Gasteiger partial charge in [-0.1, -0.05) is 20.8 Å². The van der Waals surface area contributed by atoms with E-state index in [0.717, 1.165) is 6.07 Å². The first kappa shape index (κ1) is 17.5. The molecular formula is C13H18N4O5. The number of nitro groups is 2. The van der Waals surface area contributed by atoms with Crippen molar-refractivity contribution >= 4 is 22.8 Å². The van der Waals surface area contributed by atoms with Crippen LogP contribution in [0.25, 0.3) is 0 Å². The summed E-state index contributed by atoms with van der Waals surface area (Å²) < 4.78 is 5.05. The quantitative estimate of drug-likeness (QED) is 0.490. The molecule has 0 aliphatic rings. The molecule has 0 radical (unpaired) electrons. The summed E-state index contributed by atoms with van der Waals surface area (Å²) >= 11 is 0. The first-order valence-corrected chi connectivity index (χ1v) is 6.41. The van der Waals surface area contributed by atoms with Gasteiger partial charge in [0.2, 0.25) is 0 Å². The molecule has 0 heterocycles. The molecule has 0 bridgehead atoms. The molecule has 0 aromatic heterocycles. The fourth-order valence-electron chi connectivity index (χ4n) is 1.56. The summed E-state index contributed by atoms with van der Waals surface area (Å²) in [7, 11) is 1.52. The maximum Gasteiger partial charge on any atom is 0.301 e. The number of rotatable bonds is 6. The molecule has 1 aromatic carbocycles. The van der Waals surface area contributed by atoms with E-state index in [2.05, 4.69) is 10.5 Å². The van der Waals surface area contributed by atoms with Crippen LogP contribution in [0, 0.1) is 25.6 Å². The predicted octanol–water partition coefficient (Wildman–Crippen LogP) is 2.96. The van der Waals surface area contributed by atoms with Gasteiger partial charge in [0.15, 0.2) is 0 Å². The van der Waals surface area contributed by atoms with Crippen molar-refractivity contribution in [2.24, 2.45) is 10.5 Å². The van der Waals surface area contributed by atoms with E-state index in [4.69, 9.17) is 4.74 Å². The number of nitrogens with one attached hydrogen (secondary N) is 1. The third-order valence-corrected chi connectivity index (χ3v) is 2.85. The van der Waals surface area contributed by atoms with E-state index in [0.29, 0.717) is 5.71 Å². The number of benzene rings is 1. The summed E-state index contributed by atoms with van der Waals surface area (Å²) in [6.45, 7) is 6.04. The molecule has 0 fully saturated rings. The molecule has 1 aromatic rings. The van der Waals surface area contributed by atoms with Crippen molar-refractivity contribution in [3.8, 4) is 0 Å². The molecule has 0 amide bonds. The molecule has 0 aliphatic carbocycles. The standard InChI is InChI=1S/C13H18N4O5/c1-13(2,3)12(8-22-4)15-14-10-6-5-9(16(18)19)7-11(10)17(20)21/h5-7,14H,8H2,1-4H3/b15-12-. The first-order chi connectivity index (χ1) is 10.2. The van der Waals surface area contributed by atoms with E-state index in [1.54, 1.807) is 0 Å². The van der Waals surface area contributed by atoms with Crippen molar-refractivity contribution in [3.05, 3.63) is 38.4 Å². The Labute approximate surface area is 127 Å². The van der Waals surface area contributed by atoms with Gasteiger partial charge >= 0.3 is 5.69 Å². The zero-order valence-electron chi connectivity index (χ0n) is 12.8. The van der Waals surface area contributed by atoms with E-state index in [-0.39, 0.29) is 23.4 Å². The van der Waals surface area contributed by atoms with E-state index in [1.165, 1.54) is 19.2 Å². The first-order valence-electron chi connectivity index (χ1n) is 6.41. The fraction of sp³-hybridized carbons (Fsp3) is 0.462. The third-order valence-electron chi connectivity index (χ3n) is 2.85. The van der Waals surface area contributed by atoms with Crippen LogP contribution in [0.1, 0.15) is 20.8 Å². The number of methoxy groups -OCH3 is 1. The van der Waals surface area contributed by atoms with Crippen molar-refractivity contribution in [1.29, 1.82) is 0 Å². The van der Waals surface area contributed by atoms with Crippen LogP contribution < -0.4 is 5.43 Å². The lowest BCUT2D eigenvalue weighted by Gasteiger charge is -2.20. The Bertz CT molecular complexity index is 607. The van der Waals surface area contributed by atoms with Gasteiger partial charge < -0.3 is 4.74 Å². The molecule has 0 saturated heterocycles. The summed E-state index contributed by atoms with van der Waals surface area (Å²) in [5.74, 6) is 0. The zero-order chi connectivity index (χ0) is 16.9. The van der Waals surface area contributed by atoms with Crippen LogP contribution in [-0.4, -0.2) is 29.3 Å². The van der Waals surface area contributed by atoms with Crippen molar-refractivity contribution in [2.45, 2.75) is 20.8 Å². The van der Waals surface area contributed by atoms with Crippen LogP contribution in [0.3, 0.4) is 0 Å². The Balaban J connectivity index is 3.16. The molecule has 0 unspecified atom stereocenters. The third kappa shape index (κ3) is 4.48. The van der Waals surface area contributed by atoms with Crippen LogP contribution in [0.15, 0.2) is 23.3 Å². The highest BCUT2D eigenvalue weighted by Crippen LogP contribution is 2.29. The SMILES string of the molecule is COC/C(=N/Nc1ccc([N+](=O)[O-])cc1[N+](=O)[O-])C(C)(C)C. The van der Waals surface area contributed by atoms with Crippen LogP contribution in [-0.2, 0) is 4.74 Å². The lowest BCUT2D eigenvalue weighted by molar-refractivity contribution is -0.393. The average molecular weight is 310 g/mol. The van der Waals surface area contributed by atoms with Gasteiger partial charge in [0.1, 0.15) is 5.69 Å². The fourth-order valence-corrected chi connectivity index (χ4v) is 1.56. The Kier molecular flexibility index (Phi) is 5.52. The summed E-state index contributed by atoms with van der Waals surface area (Å²) in [5.41, 5.74) is 2.27. The summed E-state index contributed by atoms with van der Waals surface area (Å²) in [6, 6.07) is 3.33. The lowest BCUT2D eigenvalue weighted by atomic mass is 9.90. The second-order valence-corrected chi connectivity index (χ2v) is 5.57. The normalized spacial score (nSPS) is 12.1. The number of hydrogen-bond acceptors (Lipinski definition) is 7. The minimum Gasteiger partial charge on any atom is -0.379 e. The van der Waals surface area contributed by atoms with Crippen molar-refractivity contribution in [1.82, 2.24) is 0 Å². The van der Waals surface area contributed by atoms with Gasteiger partial charge in [-0.15, -0.1) is 0 Å². The van der Waals surface area contributed by atoms with Crippen LogP contribution in [0.5, 0.6) is 0 Å². The second-order valence-electron chi connectivity index (χ2n) is 5.57. The van der Waals surface area contributed by atoms with Gasteiger partial charge in [0.25, 0.3) is 5.69 Å². The van der Waals surface area contributed by atoms with Gasteiger partial charge in [0, 0.05) is 18.6 Å². The van der Waals surface area contributed by atoms with E-state index in [1.807, 2.05) is 20.8 Å². The lowest BCUT2D eigenvalue weighted by Crippen LogP contribution is -2.26.